The number of rotatable bonds is 5. The van der Waals surface area contributed by atoms with Crippen LogP contribution in [0.5, 0.6) is 0 Å². The minimum Gasteiger partial charge on any atom is -0.457 e. The Balaban J connectivity index is 2.05. The van der Waals surface area contributed by atoms with Gasteiger partial charge in [-0.1, -0.05) is 6.07 Å². The third-order valence-electron chi connectivity index (χ3n) is 4.88. The summed E-state index contributed by atoms with van der Waals surface area (Å²) in [5.74, 6) is -0.759. The van der Waals surface area contributed by atoms with E-state index in [1.807, 2.05) is 6.07 Å². The van der Waals surface area contributed by atoms with E-state index in [0.29, 0.717) is 11.3 Å². The fourth-order valence-corrected chi connectivity index (χ4v) is 3.27. The Bertz CT molecular complexity index is 1200. The standard InChI is InChI=1S/C22H19N3O6/c1-12-4-5-15(25(29)30)8-17(12)20-7-6-16(31-20)9-18-14(3)19(10-23)22(28)24(21(18)27)11-13(2)26/h4-9,13,26H,11H2,1-3H3/b18-9+. The molecule has 9 heteroatoms. The maximum atomic E-state index is 12.9. The molecular formula is C22H19N3O6. The van der Waals surface area contributed by atoms with Crippen LogP contribution in [0.15, 0.2) is 51.5 Å². The van der Waals surface area contributed by atoms with Crippen molar-refractivity contribution in [2.45, 2.75) is 26.9 Å². The fraction of sp³-hybridized carbons (Fsp3) is 0.227. The van der Waals surface area contributed by atoms with Crippen molar-refractivity contribution in [2.24, 2.45) is 0 Å². The topological polar surface area (TPSA) is 138 Å². The Kier molecular flexibility index (Phi) is 5.86. The van der Waals surface area contributed by atoms with Gasteiger partial charge in [0.05, 0.1) is 17.6 Å². The molecule has 9 nitrogen and oxygen atoms in total. The quantitative estimate of drug-likeness (QED) is 0.339. The highest BCUT2D eigenvalue weighted by atomic mass is 16.6. The summed E-state index contributed by atoms with van der Waals surface area (Å²) in [7, 11) is 0. The maximum Gasteiger partial charge on any atom is 0.271 e. The number of carbonyl (C=O) groups excluding carboxylic acids is 2. The third kappa shape index (κ3) is 4.15. The highest BCUT2D eigenvalue weighted by Gasteiger charge is 2.36. The van der Waals surface area contributed by atoms with E-state index in [0.717, 1.165) is 10.5 Å². The lowest BCUT2D eigenvalue weighted by Crippen LogP contribution is -2.45. The molecule has 2 heterocycles. The monoisotopic (exact) mass is 421 g/mol. The zero-order valence-corrected chi connectivity index (χ0v) is 17.1. The number of nitrogens with zero attached hydrogens (tertiary/aromatic N) is 3. The van der Waals surface area contributed by atoms with E-state index in [9.17, 15) is 30.1 Å². The van der Waals surface area contributed by atoms with Crippen LogP contribution >= 0.6 is 0 Å². The molecule has 0 bridgehead atoms. The number of furan rings is 1. The number of β-amino-alcohol motifs (C(OH)–C–C–N with tert-alkyl or cyclic N) is 1. The molecule has 1 unspecified atom stereocenters. The lowest BCUT2D eigenvalue weighted by Gasteiger charge is -2.28. The van der Waals surface area contributed by atoms with Gasteiger partial charge in [0.25, 0.3) is 17.5 Å². The molecule has 1 aliphatic rings. The smallest absolute Gasteiger partial charge is 0.271 e. The number of aliphatic hydroxyl groups is 1. The van der Waals surface area contributed by atoms with Crippen LogP contribution in [0.2, 0.25) is 0 Å². The Morgan fingerprint density at radius 3 is 2.58 bits per heavy atom. The first-order valence-corrected chi connectivity index (χ1v) is 9.36. The summed E-state index contributed by atoms with van der Waals surface area (Å²) < 4.78 is 5.79. The Labute approximate surface area is 177 Å². The van der Waals surface area contributed by atoms with Gasteiger partial charge in [0, 0.05) is 23.3 Å². The summed E-state index contributed by atoms with van der Waals surface area (Å²) in [4.78, 5) is 36.7. The molecule has 1 aromatic carbocycles. The summed E-state index contributed by atoms with van der Waals surface area (Å²) in [6, 6.07) is 9.44. The van der Waals surface area contributed by atoms with Crippen LogP contribution in [0.4, 0.5) is 5.69 Å². The number of nitriles is 1. The summed E-state index contributed by atoms with van der Waals surface area (Å²) in [6.07, 6.45) is 0.451. The largest absolute Gasteiger partial charge is 0.457 e. The van der Waals surface area contributed by atoms with Crippen molar-refractivity contribution < 1.29 is 24.0 Å². The normalized spacial score (nSPS) is 16.6. The van der Waals surface area contributed by atoms with Crippen LogP contribution in [-0.2, 0) is 9.59 Å². The SMILES string of the molecule is CC1=C(C#N)C(=O)N(CC(C)O)C(=O)/C1=C/c1ccc(-c2cc([N+](=O)[O-])ccc2C)o1. The predicted molar refractivity (Wildman–Crippen MR) is 110 cm³/mol. The molecular weight excluding hydrogens is 402 g/mol. The number of nitro benzene ring substituents is 1. The molecule has 1 N–H and O–H groups in total. The van der Waals surface area contributed by atoms with Gasteiger partial charge in [-0.15, -0.1) is 0 Å². The van der Waals surface area contributed by atoms with Crippen LogP contribution in [-0.4, -0.2) is 39.4 Å². The molecule has 0 radical (unpaired) electrons. The molecule has 1 atom stereocenters. The molecule has 0 aliphatic carbocycles. The summed E-state index contributed by atoms with van der Waals surface area (Å²) in [6.45, 7) is 4.47. The number of aliphatic hydroxyl groups excluding tert-OH is 1. The molecule has 2 amide bonds. The van der Waals surface area contributed by atoms with Gasteiger partial charge in [-0.25, -0.2) is 0 Å². The van der Waals surface area contributed by atoms with Crippen molar-refractivity contribution in [1.82, 2.24) is 4.90 Å². The van der Waals surface area contributed by atoms with E-state index in [-0.39, 0.29) is 34.7 Å². The maximum absolute atomic E-state index is 12.9. The van der Waals surface area contributed by atoms with Crippen LogP contribution in [0.1, 0.15) is 25.2 Å². The van der Waals surface area contributed by atoms with Gasteiger partial charge in [0.15, 0.2) is 0 Å². The molecule has 0 fully saturated rings. The Morgan fingerprint density at radius 2 is 1.97 bits per heavy atom. The highest BCUT2D eigenvalue weighted by Crippen LogP contribution is 2.32. The Morgan fingerprint density at radius 1 is 1.26 bits per heavy atom. The second kappa shape index (κ2) is 8.38. The molecule has 1 aliphatic heterocycles. The van der Waals surface area contributed by atoms with Gasteiger partial charge in [0.1, 0.15) is 23.2 Å². The van der Waals surface area contributed by atoms with E-state index in [4.69, 9.17) is 4.42 Å². The average Bonchev–Trinajstić information content (AvgIpc) is 3.17. The number of carbonyl (C=O) groups is 2. The molecule has 3 rings (SSSR count). The van der Waals surface area contributed by atoms with E-state index in [1.54, 1.807) is 25.1 Å². The van der Waals surface area contributed by atoms with Crippen molar-refractivity contribution in [1.29, 1.82) is 5.26 Å². The summed E-state index contributed by atoms with van der Waals surface area (Å²) >= 11 is 0. The second-order valence-electron chi connectivity index (χ2n) is 7.20. The van der Waals surface area contributed by atoms with Gasteiger partial charge in [-0.05, 0) is 50.1 Å². The molecule has 31 heavy (non-hydrogen) atoms. The first-order valence-electron chi connectivity index (χ1n) is 9.36. The average molecular weight is 421 g/mol. The fourth-order valence-electron chi connectivity index (χ4n) is 3.27. The van der Waals surface area contributed by atoms with Crippen molar-refractivity contribution in [3.8, 4) is 17.4 Å². The lowest BCUT2D eigenvalue weighted by molar-refractivity contribution is -0.384. The van der Waals surface area contributed by atoms with Gasteiger partial charge < -0.3 is 9.52 Å². The van der Waals surface area contributed by atoms with Crippen molar-refractivity contribution in [2.75, 3.05) is 6.54 Å². The number of hydrogen-bond donors (Lipinski definition) is 1. The number of hydrogen-bond acceptors (Lipinski definition) is 7. The summed E-state index contributed by atoms with van der Waals surface area (Å²) in [5, 5.41) is 30.1. The number of non-ortho nitro benzene ring substituents is 1. The summed E-state index contributed by atoms with van der Waals surface area (Å²) in [5.41, 5.74) is 1.34. The van der Waals surface area contributed by atoms with Gasteiger partial charge in [-0.3, -0.25) is 24.6 Å². The molecule has 1 aromatic heterocycles. The number of nitro groups is 1. The van der Waals surface area contributed by atoms with Gasteiger partial charge >= 0.3 is 0 Å². The first kappa shape index (κ1) is 21.7. The van der Waals surface area contributed by atoms with Crippen molar-refractivity contribution >= 4 is 23.6 Å². The third-order valence-corrected chi connectivity index (χ3v) is 4.88. The van der Waals surface area contributed by atoms with Crippen molar-refractivity contribution in [3.05, 3.63) is 68.5 Å². The van der Waals surface area contributed by atoms with Gasteiger partial charge in [0.2, 0.25) is 0 Å². The van der Waals surface area contributed by atoms with Crippen LogP contribution in [0, 0.1) is 28.4 Å². The van der Waals surface area contributed by atoms with Crippen LogP contribution < -0.4 is 0 Å². The second-order valence-corrected chi connectivity index (χ2v) is 7.20. The van der Waals surface area contributed by atoms with Crippen molar-refractivity contribution in [3.63, 3.8) is 0 Å². The van der Waals surface area contributed by atoms with E-state index in [1.165, 1.54) is 32.1 Å². The van der Waals surface area contributed by atoms with Crippen LogP contribution in [0.3, 0.4) is 0 Å². The number of benzene rings is 1. The van der Waals surface area contributed by atoms with E-state index >= 15 is 0 Å². The molecule has 0 saturated heterocycles. The molecule has 0 saturated carbocycles. The minimum atomic E-state index is -0.959. The van der Waals surface area contributed by atoms with E-state index in [2.05, 4.69) is 0 Å². The minimum absolute atomic E-state index is 0.0796. The van der Waals surface area contributed by atoms with Crippen LogP contribution in [0.25, 0.3) is 17.4 Å². The zero-order valence-electron chi connectivity index (χ0n) is 17.1. The lowest BCUT2D eigenvalue weighted by atomic mass is 9.94. The highest BCUT2D eigenvalue weighted by molar-refractivity contribution is 6.19. The van der Waals surface area contributed by atoms with E-state index < -0.39 is 22.8 Å². The van der Waals surface area contributed by atoms with Gasteiger partial charge in [-0.2, -0.15) is 5.26 Å². The zero-order chi connectivity index (χ0) is 22.9. The molecule has 2 aromatic rings. The predicted octanol–water partition coefficient (Wildman–Crippen LogP) is 3.14. The number of amides is 2. The Hall–Kier alpha value is -4.03. The first-order chi connectivity index (χ1) is 14.6. The molecule has 0 spiro atoms. The number of imide groups is 1. The molecule has 158 valence electrons. The number of aryl methyl sites for hydroxylation is 1.